The number of aromatic nitrogens is 5. The fourth-order valence-corrected chi connectivity index (χ4v) is 16.8. The molecule has 2 aliphatic carbocycles. The topological polar surface area (TPSA) is 438 Å². The molecule has 27 nitrogen and oxygen atoms in total. The number of anilines is 9. The zero-order chi connectivity index (χ0) is 90.2. The third-order valence-electron chi connectivity index (χ3n) is 23.0. The predicted molar refractivity (Wildman–Crippen MR) is 509 cm³/mol. The van der Waals surface area contributed by atoms with Gasteiger partial charge >= 0.3 is 0 Å². The molecular formula is C99H112N14O13. The van der Waals surface area contributed by atoms with Gasteiger partial charge in [0, 0.05) is 35.3 Å². The summed E-state index contributed by atoms with van der Waals surface area (Å²) < 4.78 is 10.4. The van der Waals surface area contributed by atoms with Crippen LogP contribution < -0.4 is 120 Å². The van der Waals surface area contributed by atoms with E-state index in [2.05, 4.69) is 177 Å². The Kier molecular flexibility index (Phi) is 27.4. The second-order valence-corrected chi connectivity index (χ2v) is 35.8. The summed E-state index contributed by atoms with van der Waals surface area (Å²) in [6, 6.07) is 39.8. The molecule has 126 heavy (non-hydrogen) atoms. The van der Waals surface area contributed by atoms with Crippen LogP contribution in [0.4, 0.5) is 51.2 Å². The molecular weight excluding hydrogens is 1590 g/mol. The number of nitrogens with zero attached hydrogens (tertiary/aromatic N) is 6. The summed E-state index contributed by atoms with van der Waals surface area (Å²) >= 11 is 0. The second kappa shape index (κ2) is 37.8. The number of fused-ring (bicyclic) bond motifs is 6. The van der Waals surface area contributed by atoms with Crippen molar-refractivity contribution in [3.8, 4) is 22.8 Å². The van der Waals surface area contributed by atoms with Crippen molar-refractivity contribution >= 4 is 83.9 Å². The van der Waals surface area contributed by atoms with E-state index in [0.29, 0.717) is 78.0 Å². The van der Waals surface area contributed by atoms with Gasteiger partial charge in [0.15, 0.2) is 0 Å². The van der Waals surface area contributed by atoms with Crippen LogP contribution in [-0.2, 0) is 57.9 Å². The van der Waals surface area contributed by atoms with Crippen LogP contribution in [0.5, 0.6) is 5.75 Å². The summed E-state index contributed by atoms with van der Waals surface area (Å²) in [6.45, 7) is 27.7. The number of nitrogens with one attached hydrogen (secondary N) is 2. The molecule has 0 fully saturated rings. The van der Waals surface area contributed by atoms with Gasteiger partial charge in [-0.05, 0) is 197 Å². The van der Waals surface area contributed by atoms with E-state index in [1.165, 1.54) is 65.0 Å². The lowest BCUT2D eigenvalue weighted by atomic mass is 9.85. The van der Waals surface area contributed by atoms with Crippen molar-refractivity contribution in [2.75, 3.05) is 63.1 Å². The maximum absolute atomic E-state index is 11.7. The summed E-state index contributed by atoms with van der Waals surface area (Å²) in [4.78, 5) is 139. The number of aryl methyl sites for hydroxylation is 2. The lowest BCUT2D eigenvalue weighted by molar-refractivity contribution is 0.331. The first-order chi connectivity index (χ1) is 59.3. The van der Waals surface area contributed by atoms with Crippen molar-refractivity contribution in [1.82, 2.24) is 24.1 Å². The second-order valence-electron chi connectivity index (χ2n) is 35.8. The standard InChI is InChI=1S/C18H22N2O2.C17H20N2O3.C17H20N2O2.C16H16N2O2.2C15H15N3O2.CH4/c1-10(2)8-11-6-7-12-4-3-5-14(13(12)9-11)20-16-15(19)17(21)18(16)22;1-10(2)7-11-3-4-13-12(8-11)9-19(5-6-22-13)15-14(18)16(20)17(15)21;1-9(2)7-10-3-4-11-5-6-13(12(11)8-10)19-15-14(18)16(20)17(15)21;1-9(2)7-10-3-4-11-5-6-18(12(11)8-10)14-13(17)15(19)16(14)20;1-8(2)5-9-3-4-10-7-18(17-11(10)6-9)13-12(16)14(19)15(13)20;1-8(2)5-9-3-4-10-7-17-18(11(10)6-9)13-12(16)14(19)15(13)20;/h6-7,9-10,14,20H,3-5,8,19H2,1-2H3;3-4,8,10H,5-7,9,18H2,1-2H3;3-4,8-9,13,19H,5-7,18H2,1-2H3;3-6,8-9H,7,17H2,1-2H3;2*3-4,6-8H,5,16H2,1-2H3;1H4. The Morgan fingerprint density at radius 1 is 0.397 bits per heavy atom. The molecule has 0 saturated carbocycles. The summed E-state index contributed by atoms with van der Waals surface area (Å²) in [7, 11) is 0. The molecule has 0 amide bonds. The number of hydrogen-bond donors (Lipinski definition) is 8. The Balaban J connectivity index is 0.000000137. The zero-order valence-electron chi connectivity index (χ0n) is 72.7. The fourth-order valence-electron chi connectivity index (χ4n) is 16.8. The summed E-state index contributed by atoms with van der Waals surface area (Å²) in [6.07, 6.45) is 16.2. The van der Waals surface area contributed by atoms with Crippen LogP contribution in [0.2, 0.25) is 0 Å². The first-order valence-electron chi connectivity index (χ1n) is 42.7. The Morgan fingerprint density at radius 2 is 0.810 bits per heavy atom. The Morgan fingerprint density at radius 3 is 1.31 bits per heavy atom. The minimum atomic E-state index is -0.625. The third-order valence-corrected chi connectivity index (χ3v) is 23.0. The minimum Gasteiger partial charge on any atom is -0.491 e. The average Bonchev–Trinajstić information content (AvgIpc) is 1.79. The van der Waals surface area contributed by atoms with Crippen molar-refractivity contribution in [3.05, 3.63) is 318 Å². The molecule has 27 heteroatoms. The molecule has 4 heterocycles. The van der Waals surface area contributed by atoms with Crippen molar-refractivity contribution in [2.24, 2.45) is 35.5 Å². The van der Waals surface area contributed by atoms with Crippen LogP contribution in [-0.4, -0.2) is 37.3 Å². The molecule has 3 aliphatic rings. The van der Waals surface area contributed by atoms with E-state index in [1.54, 1.807) is 23.2 Å². The highest BCUT2D eigenvalue weighted by atomic mass is 16.5. The Labute approximate surface area is 727 Å². The largest absolute Gasteiger partial charge is 0.491 e. The van der Waals surface area contributed by atoms with Crippen molar-refractivity contribution in [1.29, 1.82) is 0 Å². The number of nitrogens with two attached hydrogens (primary N) is 6. The number of hydrogen-bond acceptors (Lipinski definition) is 24. The molecule has 0 bridgehead atoms. The van der Waals surface area contributed by atoms with E-state index in [1.807, 2.05) is 47.4 Å². The molecule has 14 N–H and O–H groups in total. The van der Waals surface area contributed by atoms with E-state index < -0.39 is 65.1 Å². The Bertz CT molecular complexity index is 6900. The quantitative estimate of drug-likeness (QED) is 0.0329. The maximum Gasteiger partial charge on any atom is 0.255 e. The van der Waals surface area contributed by atoms with Gasteiger partial charge in [-0.2, -0.15) is 10.2 Å². The summed E-state index contributed by atoms with van der Waals surface area (Å²) in [5.74, 6) is 4.31. The van der Waals surface area contributed by atoms with Crippen LogP contribution >= 0.6 is 0 Å². The van der Waals surface area contributed by atoms with Gasteiger partial charge in [-0.3, -0.25) is 57.5 Å². The maximum atomic E-state index is 11.7. The van der Waals surface area contributed by atoms with Crippen LogP contribution in [0.15, 0.2) is 191 Å². The molecule has 0 saturated heterocycles. The van der Waals surface area contributed by atoms with E-state index in [0.717, 1.165) is 115 Å². The monoisotopic (exact) mass is 1700 g/mol. The highest BCUT2D eigenvalue weighted by Crippen LogP contribution is 2.38. The van der Waals surface area contributed by atoms with Gasteiger partial charge in [-0.25, -0.2) is 9.36 Å². The van der Waals surface area contributed by atoms with Gasteiger partial charge in [-0.1, -0.05) is 175 Å². The summed E-state index contributed by atoms with van der Waals surface area (Å²) in [5.41, 5.74) is 45.1. The molecule has 18 rings (SSSR count). The third kappa shape index (κ3) is 19.0. The van der Waals surface area contributed by atoms with Gasteiger partial charge in [0.1, 0.15) is 80.6 Å². The molecule has 12 aromatic carbocycles. The Hall–Kier alpha value is -13.7. The highest BCUT2D eigenvalue weighted by molar-refractivity contribution is 5.86. The van der Waals surface area contributed by atoms with Crippen molar-refractivity contribution in [2.45, 2.75) is 180 Å². The van der Waals surface area contributed by atoms with Gasteiger partial charge in [0.25, 0.3) is 65.1 Å². The van der Waals surface area contributed by atoms with Crippen LogP contribution in [0.3, 0.4) is 0 Å². The van der Waals surface area contributed by atoms with E-state index in [9.17, 15) is 57.5 Å². The van der Waals surface area contributed by atoms with E-state index >= 15 is 0 Å². The number of ether oxygens (including phenoxy) is 1. The van der Waals surface area contributed by atoms with Crippen LogP contribution in [0.25, 0.3) is 49.8 Å². The van der Waals surface area contributed by atoms with Gasteiger partial charge in [0.05, 0.1) is 41.4 Å². The molecule has 0 spiro atoms. The lowest BCUT2D eigenvalue weighted by Crippen LogP contribution is -2.43. The lowest BCUT2D eigenvalue weighted by Gasteiger charge is -2.28. The molecule has 656 valence electrons. The van der Waals surface area contributed by atoms with E-state index in [-0.39, 0.29) is 65.0 Å². The fraction of sp³-hybridized carbons (Fsp3) is 0.354. The minimum absolute atomic E-state index is 0. The molecule has 2 atom stereocenters. The smallest absolute Gasteiger partial charge is 0.255 e. The predicted octanol–water partition coefficient (Wildman–Crippen LogP) is 11.6. The van der Waals surface area contributed by atoms with Crippen molar-refractivity contribution < 1.29 is 4.74 Å². The van der Waals surface area contributed by atoms with Gasteiger partial charge in [-0.15, -0.1) is 0 Å². The van der Waals surface area contributed by atoms with Gasteiger partial charge in [0.2, 0.25) is 0 Å². The first kappa shape index (κ1) is 91.5. The summed E-state index contributed by atoms with van der Waals surface area (Å²) in [5, 5.41) is 17.8. The van der Waals surface area contributed by atoms with Crippen LogP contribution in [0.1, 0.15) is 183 Å². The highest BCUT2D eigenvalue weighted by Gasteiger charge is 2.32. The average molecular weight is 1710 g/mol. The zero-order valence-corrected chi connectivity index (χ0v) is 72.7. The first-order valence-corrected chi connectivity index (χ1v) is 42.7. The molecule has 0 radical (unpaired) electrons. The van der Waals surface area contributed by atoms with Crippen LogP contribution in [0, 0.1) is 35.5 Å². The number of rotatable bonds is 20. The molecule has 3 aromatic heterocycles. The molecule has 1 aliphatic heterocycles. The molecule has 2 unspecified atom stereocenters. The normalized spacial score (nSPS) is 14.2. The van der Waals surface area contributed by atoms with E-state index in [4.69, 9.17) is 39.1 Å². The molecule has 15 aromatic rings. The number of nitrogen functional groups attached to an aromatic ring is 6. The SMILES string of the molecule is C.CC(C)Cc1ccc2c(c1)C(Nc1c(N)c(=O)c1=O)CC2.CC(C)Cc1ccc2c(c1)C(Nc1c(N)c(=O)c1=O)CCC2.CC(C)Cc1ccc2c(c1)CN(c1c(N)c(=O)c1=O)CCO2.CC(C)Cc1ccc2ccn(-c3c(N)c(=O)c3=O)c2c1.CC(C)Cc1ccc2cn(-c3c(N)c(=O)c3=O)nc2c1.CC(C)Cc1ccc2cnn(-c3c(N)c(=O)c3=O)c2c1. The number of benzene rings is 6. The van der Waals surface area contributed by atoms with Crippen molar-refractivity contribution in [3.63, 3.8) is 0 Å². The van der Waals surface area contributed by atoms with Gasteiger partial charge < -0.3 is 59.2 Å².